The lowest BCUT2D eigenvalue weighted by molar-refractivity contribution is 0.282. The molecular formula is C13H23NOS. The van der Waals surface area contributed by atoms with Gasteiger partial charge in [-0.15, -0.1) is 11.3 Å². The summed E-state index contributed by atoms with van der Waals surface area (Å²) in [6.45, 7) is 5.78. The second-order valence-corrected chi connectivity index (χ2v) is 5.32. The molecule has 16 heavy (non-hydrogen) atoms. The summed E-state index contributed by atoms with van der Waals surface area (Å²) in [7, 11) is 0. The van der Waals surface area contributed by atoms with Gasteiger partial charge in [0, 0.05) is 22.4 Å². The summed E-state index contributed by atoms with van der Waals surface area (Å²) in [6.07, 6.45) is 4.32. The molecule has 0 fully saturated rings. The molecule has 92 valence electrons. The van der Waals surface area contributed by atoms with E-state index < -0.39 is 0 Å². The van der Waals surface area contributed by atoms with Crippen LogP contribution in [0.1, 0.15) is 48.9 Å². The zero-order valence-electron chi connectivity index (χ0n) is 10.3. The number of hydrogen-bond donors (Lipinski definition) is 2. The number of aliphatic hydroxyl groups excluding tert-OH is 1. The number of thiophene rings is 1. The van der Waals surface area contributed by atoms with Gasteiger partial charge in [0.25, 0.3) is 0 Å². The highest BCUT2D eigenvalue weighted by Gasteiger charge is 2.06. The highest BCUT2D eigenvalue weighted by Crippen LogP contribution is 2.23. The van der Waals surface area contributed by atoms with E-state index in [9.17, 15) is 0 Å². The predicted molar refractivity (Wildman–Crippen MR) is 71.1 cm³/mol. The average molecular weight is 241 g/mol. The van der Waals surface area contributed by atoms with Crippen LogP contribution in [-0.2, 0) is 6.42 Å². The molecule has 0 amide bonds. The van der Waals surface area contributed by atoms with Crippen LogP contribution in [0, 0.1) is 0 Å². The minimum absolute atomic E-state index is 0.320. The maximum absolute atomic E-state index is 8.66. The molecule has 0 aliphatic rings. The van der Waals surface area contributed by atoms with E-state index in [4.69, 9.17) is 5.11 Å². The van der Waals surface area contributed by atoms with Gasteiger partial charge in [-0.1, -0.05) is 6.92 Å². The van der Waals surface area contributed by atoms with Gasteiger partial charge in [0.1, 0.15) is 0 Å². The van der Waals surface area contributed by atoms with E-state index in [0.717, 1.165) is 32.2 Å². The number of hydrogen-bond acceptors (Lipinski definition) is 3. The molecule has 0 aliphatic heterocycles. The Morgan fingerprint density at radius 1 is 1.31 bits per heavy atom. The minimum Gasteiger partial charge on any atom is -0.396 e. The second kappa shape index (κ2) is 7.82. The Bertz CT molecular complexity index is 285. The summed E-state index contributed by atoms with van der Waals surface area (Å²) in [6, 6.07) is 4.91. The van der Waals surface area contributed by atoms with Crippen LogP contribution in [-0.4, -0.2) is 18.3 Å². The van der Waals surface area contributed by atoms with Gasteiger partial charge in [0.15, 0.2) is 0 Å². The predicted octanol–water partition coefficient (Wildman–Crippen LogP) is 3.12. The molecule has 0 saturated heterocycles. The molecule has 1 atom stereocenters. The lowest BCUT2D eigenvalue weighted by Crippen LogP contribution is -2.18. The molecule has 2 N–H and O–H groups in total. The lowest BCUT2D eigenvalue weighted by Gasteiger charge is -2.11. The van der Waals surface area contributed by atoms with Gasteiger partial charge in [0.05, 0.1) is 0 Å². The van der Waals surface area contributed by atoms with Gasteiger partial charge in [-0.3, -0.25) is 0 Å². The van der Waals surface area contributed by atoms with Gasteiger partial charge in [0.2, 0.25) is 0 Å². The van der Waals surface area contributed by atoms with Crippen molar-refractivity contribution in [2.24, 2.45) is 0 Å². The van der Waals surface area contributed by atoms with Crippen molar-refractivity contribution >= 4 is 11.3 Å². The highest BCUT2D eigenvalue weighted by atomic mass is 32.1. The Kier molecular flexibility index (Phi) is 6.69. The summed E-state index contributed by atoms with van der Waals surface area (Å²) in [5.41, 5.74) is 0. The van der Waals surface area contributed by atoms with E-state index in [1.54, 1.807) is 0 Å². The van der Waals surface area contributed by atoms with Crippen LogP contribution in [0.25, 0.3) is 0 Å². The van der Waals surface area contributed by atoms with E-state index in [1.807, 2.05) is 11.3 Å². The maximum Gasteiger partial charge on any atom is 0.0431 e. The fourth-order valence-corrected chi connectivity index (χ4v) is 2.63. The number of unbranched alkanes of at least 4 members (excludes halogenated alkanes) is 2. The smallest absolute Gasteiger partial charge is 0.0431 e. The number of aryl methyl sites for hydroxylation is 1. The van der Waals surface area contributed by atoms with E-state index in [1.165, 1.54) is 9.75 Å². The van der Waals surface area contributed by atoms with E-state index in [0.29, 0.717) is 12.6 Å². The van der Waals surface area contributed by atoms with Crippen molar-refractivity contribution in [3.05, 3.63) is 21.9 Å². The van der Waals surface area contributed by atoms with Gasteiger partial charge >= 0.3 is 0 Å². The summed E-state index contributed by atoms with van der Waals surface area (Å²) in [5.74, 6) is 0. The molecule has 3 heteroatoms. The molecule has 0 radical (unpaired) electrons. The van der Waals surface area contributed by atoms with Crippen molar-refractivity contribution in [1.29, 1.82) is 0 Å². The molecule has 1 aromatic heterocycles. The quantitative estimate of drug-likeness (QED) is 0.685. The van der Waals surface area contributed by atoms with Crippen molar-refractivity contribution in [1.82, 2.24) is 5.32 Å². The zero-order chi connectivity index (χ0) is 11.8. The molecular weight excluding hydrogens is 218 g/mol. The third-order valence-electron chi connectivity index (χ3n) is 2.74. The maximum atomic E-state index is 8.66. The van der Waals surface area contributed by atoms with Gasteiger partial charge in [-0.2, -0.15) is 0 Å². The van der Waals surface area contributed by atoms with Crippen LogP contribution in [0.2, 0.25) is 0 Å². The van der Waals surface area contributed by atoms with Crippen molar-refractivity contribution < 1.29 is 5.11 Å². The van der Waals surface area contributed by atoms with Crippen LogP contribution in [0.15, 0.2) is 12.1 Å². The van der Waals surface area contributed by atoms with E-state index in [2.05, 4.69) is 31.3 Å². The third-order valence-corrected chi connectivity index (χ3v) is 4.16. The van der Waals surface area contributed by atoms with Crippen LogP contribution in [0.5, 0.6) is 0 Å². The highest BCUT2D eigenvalue weighted by molar-refractivity contribution is 7.12. The SMILES string of the molecule is CCc1ccc(C(C)NCCCCCO)s1. The van der Waals surface area contributed by atoms with Crippen LogP contribution in [0.3, 0.4) is 0 Å². The van der Waals surface area contributed by atoms with Crippen molar-refractivity contribution in [3.63, 3.8) is 0 Å². The van der Waals surface area contributed by atoms with E-state index >= 15 is 0 Å². The van der Waals surface area contributed by atoms with Gasteiger partial charge in [-0.05, 0) is 51.3 Å². The van der Waals surface area contributed by atoms with Crippen LogP contribution in [0.4, 0.5) is 0 Å². The largest absolute Gasteiger partial charge is 0.396 e. The molecule has 0 spiro atoms. The summed E-state index contributed by atoms with van der Waals surface area (Å²) in [4.78, 5) is 2.89. The Morgan fingerprint density at radius 2 is 2.12 bits per heavy atom. The van der Waals surface area contributed by atoms with Crippen molar-refractivity contribution in [2.75, 3.05) is 13.2 Å². The first-order chi connectivity index (χ1) is 7.77. The fourth-order valence-electron chi connectivity index (χ4n) is 1.65. The number of nitrogens with one attached hydrogen (secondary N) is 1. The monoisotopic (exact) mass is 241 g/mol. The third kappa shape index (κ3) is 4.64. The standard InChI is InChI=1S/C13H23NOS/c1-3-12-7-8-13(16-12)11(2)14-9-5-4-6-10-15/h7-8,11,14-15H,3-6,9-10H2,1-2H3. The van der Waals surface area contributed by atoms with Gasteiger partial charge in [-0.25, -0.2) is 0 Å². The first-order valence-electron chi connectivity index (χ1n) is 6.20. The molecule has 1 heterocycles. The Hall–Kier alpha value is -0.380. The second-order valence-electron chi connectivity index (χ2n) is 4.12. The molecule has 1 unspecified atom stereocenters. The molecule has 0 saturated carbocycles. The van der Waals surface area contributed by atoms with Crippen molar-refractivity contribution in [2.45, 2.75) is 45.6 Å². The molecule has 1 aromatic rings. The molecule has 1 rings (SSSR count). The average Bonchev–Trinajstić information content (AvgIpc) is 2.77. The minimum atomic E-state index is 0.320. The number of aliphatic hydroxyl groups is 1. The number of rotatable bonds is 8. The first-order valence-corrected chi connectivity index (χ1v) is 7.02. The van der Waals surface area contributed by atoms with Crippen molar-refractivity contribution in [3.8, 4) is 0 Å². The van der Waals surface area contributed by atoms with Crippen LogP contribution < -0.4 is 5.32 Å². The molecule has 2 nitrogen and oxygen atoms in total. The molecule has 0 aliphatic carbocycles. The Labute approximate surface area is 103 Å². The summed E-state index contributed by atoms with van der Waals surface area (Å²) < 4.78 is 0. The Balaban J connectivity index is 2.21. The van der Waals surface area contributed by atoms with Crippen LogP contribution >= 0.6 is 11.3 Å². The van der Waals surface area contributed by atoms with Gasteiger partial charge < -0.3 is 10.4 Å². The molecule has 0 aromatic carbocycles. The fraction of sp³-hybridized carbons (Fsp3) is 0.692. The summed E-state index contributed by atoms with van der Waals surface area (Å²) >= 11 is 1.91. The van der Waals surface area contributed by atoms with E-state index in [-0.39, 0.29) is 0 Å². The normalized spacial score (nSPS) is 12.9. The molecule has 0 bridgehead atoms. The summed E-state index contributed by atoms with van der Waals surface area (Å²) in [5, 5.41) is 12.2. The lowest BCUT2D eigenvalue weighted by atomic mass is 10.2. The zero-order valence-corrected chi connectivity index (χ0v) is 11.1. The Morgan fingerprint density at radius 3 is 2.75 bits per heavy atom. The topological polar surface area (TPSA) is 32.3 Å². The first kappa shape index (κ1) is 13.7.